The standard InChI is InChI=1S/C10H11N3OS2/c1-14-9-4-8(11)3-2-7(9)5-15-10-13-12-6-16-10/h2-4,6H,5,11H2,1H3. The molecule has 0 amide bonds. The Balaban J connectivity index is 2.09. The van der Waals surface area contributed by atoms with Gasteiger partial charge in [-0.1, -0.05) is 29.2 Å². The number of nitrogens with two attached hydrogens (primary N) is 1. The lowest BCUT2D eigenvalue weighted by Crippen LogP contribution is -1.93. The minimum absolute atomic E-state index is 0.710. The molecule has 0 aliphatic rings. The molecule has 1 aromatic heterocycles. The van der Waals surface area contributed by atoms with E-state index in [1.54, 1.807) is 24.4 Å². The average molecular weight is 253 g/mol. The molecule has 2 rings (SSSR count). The molecule has 1 heterocycles. The lowest BCUT2D eigenvalue weighted by atomic mass is 10.2. The summed E-state index contributed by atoms with van der Waals surface area (Å²) in [6.45, 7) is 0. The zero-order chi connectivity index (χ0) is 11.4. The molecular formula is C10H11N3OS2. The number of ether oxygens (including phenoxy) is 1. The molecule has 1 aromatic carbocycles. The van der Waals surface area contributed by atoms with Crippen LogP contribution < -0.4 is 10.5 Å². The lowest BCUT2D eigenvalue weighted by Gasteiger charge is -2.07. The Hall–Kier alpha value is -1.27. The van der Waals surface area contributed by atoms with Crippen molar-refractivity contribution < 1.29 is 4.74 Å². The average Bonchev–Trinajstić information content (AvgIpc) is 2.80. The molecule has 16 heavy (non-hydrogen) atoms. The van der Waals surface area contributed by atoms with Gasteiger partial charge in [0.05, 0.1) is 7.11 Å². The van der Waals surface area contributed by atoms with Crippen molar-refractivity contribution >= 4 is 28.8 Å². The van der Waals surface area contributed by atoms with Crippen LogP contribution in [0.3, 0.4) is 0 Å². The van der Waals surface area contributed by atoms with Crippen molar-refractivity contribution in [3.63, 3.8) is 0 Å². The van der Waals surface area contributed by atoms with Gasteiger partial charge >= 0.3 is 0 Å². The smallest absolute Gasteiger partial charge is 0.174 e. The topological polar surface area (TPSA) is 61.0 Å². The maximum absolute atomic E-state index is 5.69. The predicted molar refractivity (Wildman–Crippen MR) is 66.9 cm³/mol. The molecule has 4 nitrogen and oxygen atoms in total. The first-order valence-corrected chi connectivity index (χ1v) is 6.47. The van der Waals surface area contributed by atoms with Crippen molar-refractivity contribution in [2.24, 2.45) is 0 Å². The molecular weight excluding hydrogens is 242 g/mol. The van der Waals surface area contributed by atoms with E-state index in [0.29, 0.717) is 5.69 Å². The zero-order valence-electron chi connectivity index (χ0n) is 8.71. The fourth-order valence-electron chi connectivity index (χ4n) is 1.25. The van der Waals surface area contributed by atoms with Crippen LogP contribution in [0.15, 0.2) is 28.0 Å². The van der Waals surface area contributed by atoms with Crippen molar-refractivity contribution in [2.45, 2.75) is 10.1 Å². The van der Waals surface area contributed by atoms with Gasteiger partial charge in [0.15, 0.2) is 4.34 Å². The largest absolute Gasteiger partial charge is 0.496 e. The number of aromatic nitrogens is 2. The number of rotatable bonds is 4. The van der Waals surface area contributed by atoms with E-state index in [2.05, 4.69) is 10.2 Å². The van der Waals surface area contributed by atoms with Crippen molar-refractivity contribution in [3.8, 4) is 5.75 Å². The highest BCUT2D eigenvalue weighted by Crippen LogP contribution is 2.29. The number of hydrogen-bond donors (Lipinski definition) is 1. The molecule has 2 N–H and O–H groups in total. The van der Waals surface area contributed by atoms with Crippen LogP contribution in [0.25, 0.3) is 0 Å². The Morgan fingerprint density at radius 3 is 3.06 bits per heavy atom. The van der Waals surface area contributed by atoms with Gasteiger partial charge in [0.2, 0.25) is 0 Å². The number of nitrogen functional groups attached to an aromatic ring is 1. The Bertz CT molecular complexity index is 459. The Kier molecular flexibility index (Phi) is 3.63. The van der Waals surface area contributed by atoms with Gasteiger partial charge in [-0.2, -0.15) is 0 Å². The summed E-state index contributed by atoms with van der Waals surface area (Å²) in [6.07, 6.45) is 0. The SMILES string of the molecule is COc1cc(N)ccc1CSc1nncs1. The number of nitrogens with zero attached hydrogens (tertiary/aromatic N) is 2. The summed E-state index contributed by atoms with van der Waals surface area (Å²) in [5.74, 6) is 1.62. The summed E-state index contributed by atoms with van der Waals surface area (Å²) in [6, 6.07) is 5.68. The first kappa shape index (κ1) is 11.2. The van der Waals surface area contributed by atoms with Gasteiger partial charge in [-0.25, -0.2) is 0 Å². The van der Waals surface area contributed by atoms with Crippen LogP contribution in [0, 0.1) is 0 Å². The van der Waals surface area contributed by atoms with Gasteiger partial charge in [0, 0.05) is 23.1 Å². The highest BCUT2D eigenvalue weighted by Gasteiger charge is 2.05. The van der Waals surface area contributed by atoms with Gasteiger partial charge < -0.3 is 10.5 Å². The van der Waals surface area contributed by atoms with Crippen LogP contribution >= 0.6 is 23.1 Å². The normalized spacial score (nSPS) is 10.3. The van der Waals surface area contributed by atoms with E-state index < -0.39 is 0 Å². The van der Waals surface area contributed by atoms with Crippen LogP contribution in [0.2, 0.25) is 0 Å². The summed E-state index contributed by atoms with van der Waals surface area (Å²) in [7, 11) is 1.65. The second kappa shape index (κ2) is 5.18. The van der Waals surface area contributed by atoms with E-state index in [0.717, 1.165) is 21.4 Å². The van der Waals surface area contributed by atoms with E-state index in [1.807, 2.05) is 18.2 Å². The summed E-state index contributed by atoms with van der Waals surface area (Å²) in [5.41, 5.74) is 9.23. The van der Waals surface area contributed by atoms with Gasteiger partial charge in [0.1, 0.15) is 11.3 Å². The molecule has 0 radical (unpaired) electrons. The molecule has 0 unspecified atom stereocenters. The quantitative estimate of drug-likeness (QED) is 0.669. The first-order valence-electron chi connectivity index (χ1n) is 4.61. The third-order valence-corrected chi connectivity index (χ3v) is 3.91. The van der Waals surface area contributed by atoms with Crippen molar-refractivity contribution in [2.75, 3.05) is 12.8 Å². The number of thioether (sulfide) groups is 1. The molecule has 84 valence electrons. The van der Waals surface area contributed by atoms with Crippen molar-refractivity contribution in [1.82, 2.24) is 10.2 Å². The predicted octanol–water partition coefficient (Wildman–Crippen LogP) is 2.42. The molecule has 0 saturated heterocycles. The molecule has 2 aromatic rings. The molecule has 0 saturated carbocycles. The summed E-state index contributed by atoms with van der Waals surface area (Å²) >= 11 is 3.17. The van der Waals surface area contributed by atoms with Crippen LogP contribution in [0.1, 0.15) is 5.56 Å². The number of benzene rings is 1. The molecule has 0 fully saturated rings. The highest BCUT2D eigenvalue weighted by atomic mass is 32.2. The summed E-state index contributed by atoms with van der Waals surface area (Å²) in [5, 5.41) is 7.76. The van der Waals surface area contributed by atoms with E-state index in [9.17, 15) is 0 Å². The minimum atomic E-state index is 0.710. The van der Waals surface area contributed by atoms with Gasteiger partial charge in [-0.05, 0) is 6.07 Å². The molecule has 0 atom stereocenters. The fraction of sp³-hybridized carbons (Fsp3) is 0.200. The third kappa shape index (κ3) is 2.65. The molecule has 0 spiro atoms. The number of methoxy groups -OCH3 is 1. The summed E-state index contributed by atoms with van der Waals surface area (Å²) in [4.78, 5) is 0. The van der Waals surface area contributed by atoms with Crippen LogP contribution in [0.5, 0.6) is 5.75 Å². The molecule has 0 aliphatic carbocycles. The van der Waals surface area contributed by atoms with Crippen LogP contribution in [0.4, 0.5) is 5.69 Å². The molecule has 0 bridgehead atoms. The second-order valence-electron chi connectivity index (χ2n) is 3.06. The van der Waals surface area contributed by atoms with Crippen molar-refractivity contribution in [1.29, 1.82) is 0 Å². The van der Waals surface area contributed by atoms with Gasteiger partial charge in [-0.15, -0.1) is 10.2 Å². The monoisotopic (exact) mass is 253 g/mol. The van der Waals surface area contributed by atoms with Crippen LogP contribution in [-0.4, -0.2) is 17.3 Å². The number of hydrogen-bond acceptors (Lipinski definition) is 6. The highest BCUT2D eigenvalue weighted by molar-refractivity contribution is 8.00. The maximum atomic E-state index is 5.69. The molecule has 0 aliphatic heterocycles. The zero-order valence-corrected chi connectivity index (χ0v) is 10.3. The summed E-state index contributed by atoms with van der Waals surface area (Å²) < 4.78 is 6.23. The van der Waals surface area contributed by atoms with Gasteiger partial charge in [0.25, 0.3) is 0 Å². The van der Waals surface area contributed by atoms with Crippen LogP contribution in [-0.2, 0) is 5.75 Å². The second-order valence-corrected chi connectivity index (χ2v) is 5.12. The Labute approximate surface area is 102 Å². The Morgan fingerprint density at radius 2 is 2.38 bits per heavy atom. The van der Waals surface area contributed by atoms with E-state index in [1.165, 1.54) is 11.3 Å². The maximum Gasteiger partial charge on any atom is 0.174 e. The minimum Gasteiger partial charge on any atom is -0.496 e. The first-order chi connectivity index (χ1) is 7.79. The Morgan fingerprint density at radius 1 is 1.50 bits per heavy atom. The van der Waals surface area contributed by atoms with E-state index in [4.69, 9.17) is 10.5 Å². The lowest BCUT2D eigenvalue weighted by molar-refractivity contribution is 0.411. The van der Waals surface area contributed by atoms with E-state index in [-0.39, 0.29) is 0 Å². The fourth-order valence-corrected chi connectivity index (χ4v) is 2.72. The van der Waals surface area contributed by atoms with Crippen molar-refractivity contribution in [3.05, 3.63) is 29.3 Å². The number of anilines is 1. The molecule has 6 heteroatoms. The third-order valence-electron chi connectivity index (χ3n) is 2.00. The van der Waals surface area contributed by atoms with Gasteiger partial charge in [-0.3, -0.25) is 0 Å². The van der Waals surface area contributed by atoms with E-state index >= 15 is 0 Å².